The van der Waals surface area contributed by atoms with Gasteiger partial charge in [0.05, 0.1) is 40.2 Å². The van der Waals surface area contributed by atoms with Gasteiger partial charge in [-0.15, -0.1) is 0 Å². The molecule has 1 unspecified atom stereocenters. The lowest BCUT2D eigenvalue weighted by Crippen LogP contribution is -2.50. The highest BCUT2D eigenvalue weighted by Crippen LogP contribution is 2.39. The summed E-state index contributed by atoms with van der Waals surface area (Å²) in [6, 6.07) is 3.94. The number of nitrogens with zero attached hydrogens (tertiary/aromatic N) is 1. The lowest BCUT2D eigenvalue weighted by molar-refractivity contribution is -0.248. The van der Waals surface area contributed by atoms with E-state index in [1.807, 2.05) is 12.1 Å². The van der Waals surface area contributed by atoms with Crippen LogP contribution in [0.4, 0.5) is 0 Å². The highest BCUT2D eigenvalue weighted by atomic mass is 79.9. The summed E-state index contributed by atoms with van der Waals surface area (Å²) in [5.41, 5.74) is 6.56. The molecule has 1 spiro atoms. The number of hydrogen-bond acceptors (Lipinski definition) is 8. The molecule has 13 heteroatoms. The Morgan fingerprint density at radius 2 is 2.03 bits per heavy atom. The van der Waals surface area contributed by atoms with Gasteiger partial charge in [-0.1, -0.05) is 21.1 Å². The van der Waals surface area contributed by atoms with Gasteiger partial charge >= 0.3 is 0 Å². The predicted molar refractivity (Wildman–Crippen MR) is 146 cm³/mol. The average Bonchev–Trinajstić information content (AvgIpc) is 3.11. The van der Waals surface area contributed by atoms with Crippen LogP contribution in [0.1, 0.15) is 18.4 Å². The lowest BCUT2D eigenvalue weighted by atomic mass is 10.0. The second-order valence-electron chi connectivity index (χ2n) is 7.65. The molecule has 0 aromatic heterocycles. The van der Waals surface area contributed by atoms with Gasteiger partial charge in [-0.3, -0.25) is 4.79 Å². The molecular formula is C22H25Br4N3O6. The van der Waals surface area contributed by atoms with Crippen molar-refractivity contribution >= 4 is 75.3 Å². The molecule has 35 heavy (non-hydrogen) atoms. The number of aliphatic hydroxyl groups excluding tert-OH is 1. The first-order chi connectivity index (χ1) is 16.7. The number of carbonyl (C=O) groups excluding carboxylic acids is 1. The lowest BCUT2D eigenvalue weighted by Gasteiger charge is -2.31. The second-order valence-corrected chi connectivity index (χ2v) is 11.2. The van der Waals surface area contributed by atoms with Crippen LogP contribution in [0.2, 0.25) is 0 Å². The maximum atomic E-state index is 12.7. The van der Waals surface area contributed by atoms with Crippen LogP contribution in [0.15, 0.2) is 47.0 Å². The minimum absolute atomic E-state index is 0.0855. The van der Waals surface area contributed by atoms with Gasteiger partial charge in [0, 0.05) is 11.0 Å². The summed E-state index contributed by atoms with van der Waals surface area (Å²) in [6.07, 6.45) is 1.71. The zero-order chi connectivity index (χ0) is 25.6. The fourth-order valence-corrected chi connectivity index (χ4v) is 6.54. The standard InChI is InChI=1S/C22H25Br4N3O6/c1-32-18-13(23)4-8-34-22(11-16(18)26)20(30)17(29-35-22)21(31)28-6-2-7-33-19-14(24)9-12(3-5-27)10-15(19)25/h4,9-10,20,30H,2-3,5-8,11,27H2,1H3,(H,28,31)/b13-4+,18-16-/t20-,22?/m0/s1. The van der Waals surface area contributed by atoms with E-state index < -0.39 is 17.8 Å². The van der Waals surface area contributed by atoms with Gasteiger partial charge in [0.2, 0.25) is 0 Å². The smallest absolute Gasteiger partial charge is 0.274 e. The van der Waals surface area contributed by atoms with Crippen LogP contribution in [-0.4, -0.2) is 62.0 Å². The number of methoxy groups -OCH3 is 1. The largest absolute Gasteiger partial charge is 0.495 e. The van der Waals surface area contributed by atoms with Crippen molar-refractivity contribution in [3.8, 4) is 5.75 Å². The molecule has 1 amide bonds. The van der Waals surface area contributed by atoms with E-state index in [2.05, 4.69) is 74.2 Å². The number of allylic oxidation sites excluding steroid dienone is 1. The summed E-state index contributed by atoms with van der Waals surface area (Å²) in [5.74, 6) is -0.873. The molecule has 2 atom stereocenters. The van der Waals surface area contributed by atoms with Crippen LogP contribution >= 0.6 is 63.7 Å². The highest BCUT2D eigenvalue weighted by molar-refractivity contribution is 9.12. The summed E-state index contributed by atoms with van der Waals surface area (Å²) in [4.78, 5) is 18.1. The van der Waals surface area contributed by atoms with Gasteiger partial charge in [-0.2, -0.15) is 0 Å². The van der Waals surface area contributed by atoms with Gasteiger partial charge in [0.15, 0.2) is 11.8 Å². The van der Waals surface area contributed by atoms with Gasteiger partial charge in [0.1, 0.15) is 11.5 Å². The van der Waals surface area contributed by atoms with Crippen molar-refractivity contribution in [3.05, 3.63) is 47.4 Å². The van der Waals surface area contributed by atoms with E-state index in [-0.39, 0.29) is 18.7 Å². The van der Waals surface area contributed by atoms with Crippen molar-refractivity contribution in [2.24, 2.45) is 10.9 Å². The molecule has 2 aliphatic rings. The van der Waals surface area contributed by atoms with E-state index in [0.717, 1.165) is 20.9 Å². The van der Waals surface area contributed by atoms with Crippen LogP contribution in [-0.2, 0) is 25.5 Å². The Kier molecular flexibility index (Phi) is 10.6. The van der Waals surface area contributed by atoms with Gasteiger partial charge in [-0.05, 0) is 90.9 Å². The number of ether oxygens (including phenoxy) is 3. The Labute approximate surface area is 236 Å². The number of rotatable bonds is 9. The fraction of sp³-hybridized carbons (Fsp3) is 0.455. The molecule has 9 nitrogen and oxygen atoms in total. The average molecular weight is 747 g/mol. The number of benzene rings is 1. The Morgan fingerprint density at radius 3 is 2.69 bits per heavy atom. The molecule has 0 radical (unpaired) electrons. The third-order valence-electron chi connectivity index (χ3n) is 5.21. The van der Waals surface area contributed by atoms with E-state index in [9.17, 15) is 9.90 Å². The molecule has 2 aliphatic heterocycles. The highest BCUT2D eigenvalue weighted by Gasteiger charge is 2.52. The molecule has 0 bridgehead atoms. The fourth-order valence-electron chi connectivity index (χ4n) is 3.47. The van der Waals surface area contributed by atoms with Crippen molar-refractivity contribution in [3.63, 3.8) is 0 Å². The van der Waals surface area contributed by atoms with Crippen LogP contribution in [0, 0.1) is 0 Å². The number of aliphatic hydroxyl groups is 1. The van der Waals surface area contributed by atoms with Crippen LogP contribution in [0.5, 0.6) is 5.75 Å². The molecule has 192 valence electrons. The van der Waals surface area contributed by atoms with E-state index in [1.54, 1.807) is 6.08 Å². The molecule has 0 aliphatic carbocycles. The molecular weight excluding hydrogens is 722 g/mol. The Hall–Kier alpha value is -0.960. The molecule has 1 aromatic rings. The van der Waals surface area contributed by atoms with Gasteiger partial charge in [-0.25, -0.2) is 0 Å². The summed E-state index contributed by atoms with van der Waals surface area (Å²) in [5, 5.41) is 17.4. The maximum Gasteiger partial charge on any atom is 0.274 e. The van der Waals surface area contributed by atoms with Crippen molar-refractivity contribution in [1.82, 2.24) is 5.32 Å². The first-order valence-corrected chi connectivity index (χ1v) is 13.8. The zero-order valence-electron chi connectivity index (χ0n) is 18.8. The van der Waals surface area contributed by atoms with Crippen LogP contribution in [0.3, 0.4) is 0 Å². The molecule has 2 heterocycles. The van der Waals surface area contributed by atoms with Crippen molar-refractivity contribution in [2.75, 3.05) is 33.4 Å². The normalized spacial score (nSPS) is 25.7. The van der Waals surface area contributed by atoms with Crippen molar-refractivity contribution in [2.45, 2.75) is 31.2 Å². The van der Waals surface area contributed by atoms with E-state index in [1.165, 1.54) is 7.11 Å². The summed E-state index contributed by atoms with van der Waals surface area (Å²) in [6.45, 7) is 1.36. The van der Waals surface area contributed by atoms with E-state index in [4.69, 9.17) is 24.8 Å². The quantitative estimate of drug-likeness (QED) is 0.327. The Balaban J connectivity index is 1.51. The summed E-state index contributed by atoms with van der Waals surface area (Å²) >= 11 is 13.9. The van der Waals surface area contributed by atoms with E-state index in [0.29, 0.717) is 46.6 Å². The maximum absolute atomic E-state index is 12.7. The molecule has 3 rings (SSSR count). The SMILES string of the molecule is COC1=C(\Br)CC2(OC/C=C\1Br)ON=C(C(=O)NCCCOc1c(Br)cc(CCN)cc1Br)[C@@H]2O. The first-order valence-electron chi connectivity index (χ1n) is 10.7. The van der Waals surface area contributed by atoms with Gasteiger partial charge in [0.25, 0.3) is 11.7 Å². The number of nitrogens with one attached hydrogen (secondary N) is 1. The minimum atomic E-state index is -1.54. The monoisotopic (exact) mass is 743 g/mol. The van der Waals surface area contributed by atoms with Crippen molar-refractivity contribution in [1.29, 1.82) is 0 Å². The van der Waals surface area contributed by atoms with Gasteiger partial charge < -0.3 is 35.2 Å². The number of halogens is 4. The molecule has 0 fully saturated rings. The van der Waals surface area contributed by atoms with E-state index >= 15 is 0 Å². The minimum Gasteiger partial charge on any atom is -0.495 e. The number of nitrogens with two attached hydrogens (primary N) is 1. The molecule has 4 N–H and O–H groups in total. The molecule has 1 aromatic carbocycles. The Morgan fingerprint density at radius 1 is 1.31 bits per heavy atom. The third-order valence-corrected chi connectivity index (χ3v) is 7.71. The zero-order valence-corrected chi connectivity index (χ0v) is 25.1. The first kappa shape index (κ1) is 28.6. The number of carbonyl (C=O) groups is 1. The van der Waals surface area contributed by atoms with Crippen molar-refractivity contribution < 1.29 is 28.9 Å². The Bertz CT molecular complexity index is 1030. The third kappa shape index (κ3) is 6.88. The molecule has 0 saturated carbocycles. The number of hydrogen-bond donors (Lipinski definition) is 3. The van der Waals surface area contributed by atoms with Crippen LogP contribution < -0.4 is 15.8 Å². The summed E-state index contributed by atoms with van der Waals surface area (Å²) < 4.78 is 19.9. The molecule has 0 saturated heterocycles. The predicted octanol–water partition coefficient (Wildman–Crippen LogP) is 3.99. The topological polar surface area (TPSA) is 125 Å². The number of oxime groups is 1. The summed E-state index contributed by atoms with van der Waals surface area (Å²) in [7, 11) is 1.53. The number of amides is 1. The van der Waals surface area contributed by atoms with Crippen LogP contribution in [0.25, 0.3) is 0 Å². The second kappa shape index (κ2) is 13.0.